The average Bonchev–Trinajstić information content (AvgIpc) is 3.70. The number of sulfonamides is 1. The Kier molecular flexibility index (Phi) is 10.4. The number of fused-ring (bicyclic) bond motifs is 1. The van der Waals surface area contributed by atoms with E-state index in [1.165, 1.54) is 23.3 Å². The molecule has 0 saturated carbocycles. The molecule has 0 bridgehead atoms. The van der Waals surface area contributed by atoms with Crippen LogP contribution in [0.1, 0.15) is 27.5 Å². The van der Waals surface area contributed by atoms with Crippen LogP contribution in [0.15, 0.2) is 163 Å². The molecule has 3 N–H and O–H groups in total. The number of piperazine rings is 1. The second-order valence-corrected chi connectivity index (χ2v) is 15.3. The number of nitro groups is 1. The molecule has 1 fully saturated rings. The summed E-state index contributed by atoms with van der Waals surface area (Å²) in [5.74, 6) is -0.351. The van der Waals surface area contributed by atoms with Gasteiger partial charge in [0.05, 0.1) is 21.4 Å². The van der Waals surface area contributed by atoms with Crippen molar-refractivity contribution in [3.8, 4) is 11.5 Å². The van der Waals surface area contributed by atoms with E-state index in [0.29, 0.717) is 24.5 Å². The molecular formula is C44H38N6O6S. The predicted octanol–water partition coefficient (Wildman–Crippen LogP) is 8.64. The summed E-state index contributed by atoms with van der Waals surface area (Å²) < 4.78 is 35.7. The lowest BCUT2D eigenvalue weighted by atomic mass is 9.96. The first kappa shape index (κ1) is 37.0. The number of amides is 1. The SMILES string of the molecule is O=C(NS(=O)(=O)c1ccc(Nc2ccccc2)c([N+](=O)[O-])c1)c1ccc(N2CCN(C(c3ccccc3)c3ccccc3)CC2)cc1Oc1ccc2[nH]ccc2c1. The van der Waals surface area contributed by atoms with Gasteiger partial charge in [-0.15, -0.1) is 0 Å². The lowest BCUT2D eigenvalue weighted by Gasteiger charge is -2.40. The summed E-state index contributed by atoms with van der Waals surface area (Å²) in [5.41, 5.74) is 4.32. The standard InChI is InChI=1S/C44H38N6O6S/c51-44(47-57(54,55)37-18-21-40(41(30-37)50(52)53)46-34-14-8-3-9-15-34)38-19-16-35(29-42(38)56-36-17-20-39-33(28-36)22-23-45-39)48-24-26-49(27-25-48)43(31-10-4-1-5-11-31)32-12-6-2-7-13-32/h1-23,28-30,43,45-46H,24-27H2,(H,47,51). The fraction of sp³-hybridized carbons (Fsp3) is 0.114. The van der Waals surface area contributed by atoms with Crippen LogP contribution in [-0.2, 0) is 10.0 Å². The molecule has 0 atom stereocenters. The molecule has 6 aromatic carbocycles. The van der Waals surface area contributed by atoms with Gasteiger partial charge in [-0.2, -0.15) is 0 Å². The Morgan fingerprint density at radius 2 is 1.42 bits per heavy atom. The number of para-hydroxylation sites is 1. The summed E-state index contributed by atoms with van der Waals surface area (Å²) in [5, 5.41) is 15.9. The van der Waals surface area contributed by atoms with E-state index in [0.717, 1.165) is 35.7 Å². The number of benzene rings is 6. The highest BCUT2D eigenvalue weighted by molar-refractivity contribution is 7.90. The number of carbonyl (C=O) groups excluding carboxylic acids is 1. The molecule has 12 nitrogen and oxygen atoms in total. The molecule has 2 heterocycles. The zero-order valence-corrected chi connectivity index (χ0v) is 31.4. The third-order valence-corrected chi connectivity index (χ3v) is 11.3. The molecule has 1 aliphatic heterocycles. The van der Waals surface area contributed by atoms with E-state index in [9.17, 15) is 23.3 Å². The van der Waals surface area contributed by atoms with E-state index in [1.807, 2.05) is 36.5 Å². The van der Waals surface area contributed by atoms with Crippen molar-refractivity contribution >= 4 is 49.6 Å². The molecule has 0 radical (unpaired) electrons. The van der Waals surface area contributed by atoms with Crippen LogP contribution in [0.3, 0.4) is 0 Å². The molecule has 0 spiro atoms. The Morgan fingerprint density at radius 1 is 0.754 bits per heavy atom. The normalized spacial score (nSPS) is 13.4. The zero-order chi connectivity index (χ0) is 39.4. The Balaban J connectivity index is 1.06. The maximum Gasteiger partial charge on any atom is 0.294 e. The average molecular weight is 779 g/mol. The minimum atomic E-state index is -4.56. The van der Waals surface area contributed by atoms with E-state index >= 15 is 0 Å². The van der Waals surface area contributed by atoms with Crippen LogP contribution >= 0.6 is 0 Å². The summed E-state index contributed by atoms with van der Waals surface area (Å²) in [4.78, 5) is 32.6. The van der Waals surface area contributed by atoms with Crippen molar-refractivity contribution in [3.05, 3.63) is 185 Å². The summed E-state index contributed by atoms with van der Waals surface area (Å²) >= 11 is 0. The third kappa shape index (κ3) is 8.20. The van der Waals surface area contributed by atoms with Gasteiger partial charge in [-0.25, -0.2) is 13.1 Å². The number of anilines is 3. The van der Waals surface area contributed by atoms with Gasteiger partial charge in [0.15, 0.2) is 0 Å². The second kappa shape index (κ2) is 16.0. The number of rotatable bonds is 12. The van der Waals surface area contributed by atoms with Gasteiger partial charge in [0.1, 0.15) is 17.2 Å². The number of carbonyl (C=O) groups is 1. The summed E-state index contributed by atoms with van der Waals surface area (Å²) in [6.45, 7) is 2.92. The number of nitrogens with zero attached hydrogens (tertiary/aromatic N) is 3. The van der Waals surface area contributed by atoms with Crippen LogP contribution in [0.5, 0.6) is 11.5 Å². The summed E-state index contributed by atoms with van der Waals surface area (Å²) in [6, 6.07) is 45.6. The smallest absolute Gasteiger partial charge is 0.294 e. The van der Waals surface area contributed by atoms with Gasteiger partial charge in [-0.1, -0.05) is 78.9 Å². The second-order valence-electron chi connectivity index (χ2n) is 13.6. The predicted molar refractivity (Wildman–Crippen MR) is 221 cm³/mol. The third-order valence-electron chi connectivity index (χ3n) is 9.99. The Labute approximate surface area is 329 Å². The van der Waals surface area contributed by atoms with E-state index in [2.05, 4.69) is 73.4 Å². The topological polar surface area (TPSA) is 150 Å². The monoisotopic (exact) mass is 778 g/mol. The number of nitro benzene ring substituents is 1. The van der Waals surface area contributed by atoms with Gasteiger partial charge >= 0.3 is 0 Å². The molecule has 286 valence electrons. The zero-order valence-electron chi connectivity index (χ0n) is 30.6. The first-order chi connectivity index (χ1) is 27.7. The highest BCUT2D eigenvalue weighted by Gasteiger charge is 2.29. The number of ether oxygens (including phenoxy) is 1. The highest BCUT2D eigenvalue weighted by Crippen LogP contribution is 2.35. The maximum absolute atomic E-state index is 13.9. The van der Waals surface area contributed by atoms with Crippen LogP contribution < -0.4 is 19.7 Å². The molecule has 57 heavy (non-hydrogen) atoms. The quantitative estimate of drug-likeness (QED) is 0.0818. The molecule has 1 aromatic heterocycles. The number of nitrogens with one attached hydrogen (secondary N) is 3. The van der Waals surface area contributed by atoms with E-state index in [4.69, 9.17) is 4.74 Å². The largest absolute Gasteiger partial charge is 0.456 e. The highest BCUT2D eigenvalue weighted by atomic mass is 32.2. The first-order valence-corrected chi connectivity index (χ1v) is 19.9. The molecule has 7 aromatic rings. The van der Waals surface area contributed by atoms with Gasteiger partial charge in [0.25, 0.3) is 21.6 Å². The van der Waals surface area contributed by atoms with Gasteiger partial charge in [-0.05, 0) is 71.8 Å². The lowest BCUT2D eigenvalue weighted by Crippen LogP contribution is -2.48. The van der Waals surface area contributed by atoms with Crippen molar-refractivity contribution in [2.24, 2.45) is 0 Å². The molecule has 1 saturated heterocycles. The minimum absolute atomic E-state index is 0.0276. The number of hydrogen-bond acceptors (Lipinski definition) is 9. The Hall–Kier alpha value is -6.96. The van der Waals surface area contributed by atoms with Crippen LogP contribution in [-0.4, -0.2) is 55.3 Å². The molecule has 1 amide bonds. The summed E-state index contributed by atoms with van der Waals surface area (Å²) in [7, 11) is -4.56. The number of H-pyrrole nitrogens is 1. The molecule has 13 heteroatoms. The van der Waals surface area contributed by atoms with Crippen molar-refractivity contribution in [2.75, 3.05) is 36.4 Å². The van der Waals surface area contributed by atoms with Crippen molar-refractivity contribution in [1.82, 2.24) is 14.6 Å². The maximum atomic E-state index is 13.9. The Morgan fingerprint density at radius 3 is 2.09 bits per heavy atom. The Bertz CT molecular complexity index is 2610. The number of aromatic amines is 1. The fourth-order valence-electron chi connectivity index (χ4n) is 7.17. The molecule has 0 aliphatic carbocycles. The van der Waals surface area contributed by atoms with Gasteiger partial charge in [-0.3, -0.25) is 19.8 Å². The molecular weight excluding hydrogens is 741 g/mol. The van der Waals surface area contributed by atoms with E-state index in [1.54, 1.807) is 54.6 Å². The van der Waals surface area contributed by atoms with E-state index in [-0.39, 0.29) is 23.0 Å². The van der Waals surface area contributed by atoms with Crippen molar-refractivity contribution < 1.29 is 22.9 Å². The minimum Gasteiger partial charge on any atom is -0.456 e. The van der Waals surface area contributed by atoms with Crippen LogP contribution in [0.4, 0.5) is 22.7 Å². The van der Waals surface area contributed by atoms with Crippen molar-refractivity contribution in [2.45, 2.75) is 10.9 Å². The van der Waals surface area contributed by atoms with Crippen LogP contribution in [0.2, 0.25) is 0 Å². The van der Waals surface area contributed by atoms with Gasteiger partial charge in [0.2, 0.25) is 0 Å². The molecule has 1 aliphatic rings. The first-order valence-electron chi connectivity index (χ1n) is 18.4. The number of hydrogen-bond donors (Lipinski definition) is 3. The number of aromatic nitrogens is 1. The van der Waals surface area contributed by atoms with Crippen LogP contribution in [0, 0.1) is 10.1 Å². The van der Waals surface area contributed by atoms with E-state index < -0.39 is 31.4 Å². The molecule has 8 rings (SSSR count). The fourth-order valence-corrected chi connectivity index (χ4v) is 8.16. The van der Waals surface area contributed by atoms with Crippen molar-refractivity contribution in [1.29, 1.82) is 0 Å². The lowest BCUT2D eigenvalue weighted by molar-refractivity contribution is -0.384. The van der Waals surface area contributed by atoms with Gasteiger partial charge in [0, 0.05) is 66.8 Å². The van der Waals surface area contributed by atoms with Crippen LogP contribution in [0.25, 0.3) is 10.9 Å². The summed E-state index contributed by atoms with van der Waals surface area (Å²) in [6.07, 6.45) is 1.81. The van der Waals surface area contributed by atoms with Gasteiger partial charge < -0.3 is 19.9 Å². The van der Waals surface area contributed by atoms with Crippen molar-refractivity contribution in [3.63, 3.8) is 0 Å². The molecule has 0 unspecified atom stereocenters.